The van der Waals surface area contributed by atoms with Gasteiger partial charge in [-0.2, -0.15) is 0 Å². The number of rotatable bonds is 7. The standard InChI is InChI=1S/C19H19ClN4O6/c1-11(2)21-19(27)23-14-6-4-3-5-13(14)18(26)30-10-17(25)22-15-8-7-12(20)9-16(15)24(28)29/h3-9,11H,10H2,1-2H3,(H,22,25)(H2,21,23,27). The fourth-order valence-corrected chi connectivity index (χ4v) is 2.51. The molecule has 10 nitrogen and oxygen atoms in total. The summed E-state index contributed by atoms with van der Waals surface area (Å²) in [4.78, 5) is 46.7. The predicted molar refractivity (Wildman–Crippen MR) is 111 cm³/mol. The quantitative estimate of drug-likeness (QED) is 0.345. The first-order valence-electron chi connectivity index (χ1n) is 8.75. The Morgan fingerprint density at radius 1 is 1.10 bits per heavy atom. The highest BCUT2D eigenvalue weighted by Gasteiger charge is 2.19. The van der Waals surface area contributed by atoms with Crippen LogP contribution in [0.4, 0.5) is 21.9 Å². The zero-order valence-corrected chi connectivity index (χ0v) is 16.9. The van der Waals surface area contributed by atoms with Crippen LogP contribution in [-0.2, 0) is 9.53 Å². The molecule has 158 valence electrons. The van der Waals surface area contributed by atoms with Gasteiger partial charge in [-0.3, -0.25) is 14.9 Å². The Hall–Kier alpha value is -3.66. The van der Waals surface area contributed by atoms with Crippen LogP contribution >= 0.6 is 11.6 Å². The van der Waals surface area contributed by atoms with Crippen LogP contribution in [0.1, 0.15) is 24.2 Å². The molecule has 0 fully saturated rings. The first kappa shape index (κ1) is 22.6. The van der Waals surface area contributed by atoms with Gasteiger partial charge in [0.1, 0.15) is 5.69 Å². The number of para-hydroxylation sites is 1. The first-order valence-corrected chi connectivity index (χ1v) is 9.12. The predicted octanol–water partition coefficient (Wildman–Crippen LogP) is 3.57. The van der Waals surface area contributed by atoms with E-state index in [0.717, 1.165) is 6.07 Å². The summed E-state index contributed by atoms with van der Waals surface area (Å²) in [5, 5.41) is 18.7. The largest absolute Gasteiger partial charge is 0.452 e. The van der Waals surface area contributed by atoms with E-state index in [1.807, 2.05) is 0 Å². The number of nitro benzene ring substituents is 1. The number of amides is 3. The average molecular weight is 435 g/mol. The molecule has 3 N–H and O–H groups in total. The van der Waals surface area contributed by atoms with E-state index in [4.69, 9.17) is 16.3 Å². The number of anilines is 2. The molecule has 0 aliphatic rings. The summed E-state index contributed by atoms with van der Waals surface area (Å²) >= 11 is 5.73. The van der Waals surface area contributed by atoms with Crippen LogP contribution in [0.25, 0.3) is 0 Å². The van der Waals surface area contributed by atoms with Crippen molar-refractivity contribution in [3.63, 3.8) is 0 Å². The molecule has 0 radical (unpaired) electrons. The average Bonchev–Trinajstić information content (AvgIpc) is 2.67. The van der Waals surface area contributed by atoms with E-state index in [1.165, 1.54) is 24.3 Å². The zero-order chi connectivity index (χ0) is 22.3. The van der Waals surface area contributed by atoms with Gasteiger partial charge >= 0.3 is 12.0 Å². The normalized spacial score (nSPS) is 10.3. The Labute approximate surface area is 176 Å². The molecule has 2 rings (SSSR count). The third kappa shape index (κ3) is 6.45. The van der Waals surface area contributed by atoms with Crippen LogP contribution in [0.5, 0.6) is 0 Å². The van der Waals surface area contributed by atoms with Gasteiger partial charge in [0.25, 0.3) is 11.6 Å². The van der Waals surface area contributed by atoms with Gasteiger partial charge in [-0.1, -0.05) is 23.7 Å². The van der Waals surface area contributed by atoms with E-state index in [1.54, 1.807) is 26.0 Å². The van der Waals surface area contributed by atoms with Crippen molar-refractivity contribution in [3.05, 3.63) is 63.2 Å². The Kier molecular flexibility index (Phi) is 7.70. The lowest BCUT2D eigenvalue weighted by atomic mass is 10.2. The molecule has 0 saturated carbocycles. The summed E-state index contributed by atoms with van der Waals surface area (Å²) in [7, 11) is 0. The van der Waals surface area contributed by atoms with Crippen molar-refractivity contribution in [3.8, 4) is 0 Å². The molecule has 0 bridgehead atoms. The second-order valence-electron chi connectivity index (χ2n) is 6.34. The number of carbonyl (C=O) groups excluding carboxylic acids is 3. The second kappa shape index (κ2) is 10.2. The summed E-state index contributed by atoms with van der Waals surface area (Å²) in [5.41, 5.74) is -0.234. The maximum absolute atomic E-state index is 12.3. The fraction of sp³-hybridized carbons (Fsp3) is 0.211. The van der Waals surface area contributed by atoms with Gasteiger partial charge in [0.2, 0.25) is 0 Å². The number of halogens is 1. The molecule has 0 heterocycles. The van der Waals surface area contributed by atoms with Crippen molar-refractivity contribution in [2.45, 2.75) is 19.9 Å². The number of benzene rings is 2. The lowest BCUT2D eigenvalue weighted by molar-refractivity contribution is -0.383. The van der Waals surface area contributed by atoms with Gasteiger partial charge in [0.15, 0.2) is 6.61 Å². The van der Waals surface area contributed by atoms with Gasteiger partial charge in [0.05, 0.1) is 16.2 Å². The Balaban J connectivity index is 2.02. The summed E-state index contributed by atoms with van der Waals surface area (Å²) in [5.74, 6) is -1.63. The number of esters is 1. The third-order valence-electron chi connectivity index (χ3n) is 3.58. The summed E-state index contributed by atoms with van der Waals surface area (Å²) in [6.45, 7) is 2.87. The molecule has 30 heavy (non-hydrogen) atoms. The maximum Gasteiger partial charge on any atom is 0.340 e. The molecule has 0 aliphatic carbocycles. The first-order chi connectivity index (χ1) is 14.2. The van der Waals surface area contributed by atoms with Gasteiger partial charge in [-0.05, 0) is 38.1 Å². The molecular formula is C19H19ClN4O6. The monoisotopic (exact) mass is 434 g/mol. The summed E-state index contributed by atoms with van der Waals surface area (Å²) in [6.07, 6.45) is 0. The lowest BCUT2D eigenvalue weighted by Gasteiger charge is -2.13. The molecular weight excluding hydrogens is 416 g/mol. The Morgan fingerprint density at radius 2 is 1.80 bits per heavy atom. The number of nitrogens with one attached hydrogen (secondary N) is 3. The van der Waals surface area contributed by atoms with Crippen LogP contribution in [-0.4, -0.2) is 35.5 Å². The van der Waals surface area contributed by atoms with Crippen molar-refractivity contribution >= 4 is 46.6 Å². The van der Waals surface area contributed by atoms with E-state index < -0.39 is 35.1 Å². The van der Waals surface area contributed by atoms with E-state index in [9.17, 15) is 24.5 Å². The van der Waals surface area contributed by atoms with Gasteiger partial charge < -0.3 is 20.7 Å². The highest BCUT2D eigenvalue weighted by molar-refractivity contribution is 6.31. The highest BCUT2D eigenvalue weighted by Crippen LogP contribution is 2.27. The van der Waals surface area contributed by atoms with Gasteiger partial charge in [0, 0.05) is 17.1 Å². The number of nitro groups is 1. The number of carbonyl (C=O) groups is 3. The van der Waals surface area contributed by atoms with E-state index in [-0.39, 0.29) is 28.0 Å². The molecule has 2 aromatic rings. The van der Waals surface area contributed by atoms with Crippen molar-refractivity contribution in [1.82, 2.24) is 5.32 Å². The highest BCUT2D eigenvalue weighted by atomic mass is 35.5. The molecule has 0 aliphatic heterocycles. The molecule has 11 heteroatoms. The molecule has 0 spiro atoms. The zero-order valence-electron chi connectivity index (χ0n) is 16.1. The Bertz CT molecular complexity index is 979. The van der Waals surface area contributed by atoms with Crippen molar-refractivity contribution < 1.29 is 24.0 Å². The number of hydrogen-bond donors (Lipinski definition) is 3. The minimum absolute atomic E-state index is 0.0432. The van der Waals surface area contributed by atoms with Crippen molar-refractivity contribution in [1.29, 1.82) is 0 Å². The Morgan fingerprint density at radius 3 is 2.47 bits per heavy atom. The smallest absolute Gasteiger partial charge is 0.340 e. The molecule has 0 atom stereocenters. The van der Waals surface area contributed by atoms with E-state index in [2.05, 4.69) is 16.0 Å². The summed E-state index contributed by atoms with van der Waals surface area (Å²) < 4.78 is 4.97. The van der Waals surface area contributed by atoms with Crippen LogP contribution in [0, 0.1) is 10.1 Å². The molecule has 3 amide bonds. The molecule has 0 unspecified atom stereocenters. The minimum atomic E-state index is -0.851. The maximum atomic E-state index is 12.3. The van der Waals surface area contributed by atoms with Crippen LogP contribution in [0.15, 0.2) is 42.5 Å². The fourth-order valence-electron chi connectivity index (χ4n) is 2.35. The van der Waals surface area contributed by atoms with Gasteiger partial charge in [-0.15, -0.1) is 0 Å². The molecule has 2 aromatic carbocycles. The molecule has 0 aromatic heterocycles. The van der Waals surface area contributed by atoms with E-state index in [0.29, 0.717) is 0 Å². The topological polar surface area (TPSA) is 140 Å². The lowest BCUT2D eigenvalue weighted by Crippen LogP contribution is -2.34. The number of ether oxygens (including phenoxy) is 1. The van der Waals surface area contributed by atoms with E-state index >= 15 is 0 Å². The second-order valence-corrected chi connectivity index (χ2v) is 6.78. The van der Waals surface area contributed by atoms with Crippen molar-refractivity contribution in [2.24, 2.45) is 0 Å². The van der Waals surface area contributed by atoms with Crippen molar-refractivity contribution in [2.75, 3.05) is 17.2 Å². The van der Waals surface area contributed by atoms with Crippen LogP contribution < -0.4 is 16.0 Å². The minimum Gasteiger partial charge on any atom is -0.452 e. The van der Waals surface area contributed by atoms with Crippen LogP contribution in [0.3, 0.4) is 0 Å². The van der Waals surface area contributed by atoms with Crippen LogP contribution in [0.2, 0.25) is 5.02 Å². The number of urea groups is 1. The number of nitrogens with zero attached hydrogens (tertiary/aromatic N) is 1. The SMILES string of the molecule is CC(C)NC(=O)Nc1ccccc1C(=O)OCC(=O)Nc1ccc(Cl)cc1[N+](=O)[O-]. The third-order valence-corrected chi connectivity index (χ3v) is 3.81. The van der Waals surface area contributed by atoms with Gasteiger partial charge in [-0.25, -0.2) is 9.59 Å². The molecule has 0 saturated heterocycles. The number of hydrogen-bond acceptors (Lipinski definition) is 6. The summed E-state index contributed by atoms with van der Waals surface area (Å²) in [6, 6.07) is 9.25.